The Bertz CT molecular complexity index is 1590. The summed E-state index contributed by atoms with van der Waals surface area (Å²) in [5, 5.41) is 10.8. The van der Waals surface area contributed by atoms with E-state index >= 15 is 4.39 Å². The van der Waals surface area contributed by atoms with Crippen LogP contribution in [0.4, 0.5) is 4.39 Å². The van der Waals surface area contributed by atoms with E-state index in [1.165, 1.54) is 26.0 Å². The van der Waals surface area contributed by atoms with Crippen LogP contribution in [0.1, 0.15) is 32.6 Å². The van der Waals surface area contributed by atoms with Crippen molar-refractivity contribution in [1.29, 1.82) is 0 Å². The molecule has 236 valence electrons. The van der Waals surface area contributed by atoms with Gasteiger partial charge in [0, 0.05) is 22.3 Å². The molecule has 3 rings (SSSR count). The molecule has 3 aromatic carbocycles. The monoisotopic (exact) mass is 618 g/mol. The van der Waals surface area contributed by atoms with Gasteiger partial charge in [0.05, 0.1) is 6.61 Å². The molecule has 0 aliphatic heterocycles. The van der Waals surface area contributed by atoms with Crippen LogP contribution in [-0.4, -0.2) is 49.4 Å². The van der Waals surface area contributed by atoms with E-state index in [9.17, 15) is 19.5 Å². The lowest BCUT2D eigenvalue weighted by molar-refractivity contribution is -0.147. The molecular weight excluding hydrogens is 583 g/mol. The molecule has 1 N–H and O–H groups in total. The molecule has 9 nitrogen and oxygen atoms in total. The van der Waals surface area contributed by atoms with Crippen molar-refractivity contribution in [2.45, 2.75) is 27.1 Å². The topological polar surface area (TPSA) is 118 Å². The molecule has 0 saturated heterocycles. The number of hydrogen-bond donors (Lipinski definition) is 1. The van der Waals surface area contributed by atoms with Crippen LogP contribution >= 0.6 is 0 Å². The molecule has 0 spiro atoms. The number of esters is 3. The molecule has 0 aliphatic carbocycles. The summed E-state index contributed by atoms with van der Waals surface area (Å²) >= 11 is 0. The second-order valence-corrected chi connectivity index (χ2v) is 10.1. The van der Waals surface area contributed by atoms with Gasteiger partial charge in [-0.1, -0.05) is 37.9 Å². The zero-order valence-corrected chi connectivity index (χ0v) is 25.4. The van der Waals surface area contributed by atoms with Gasteiger partial charge in [0.15, 0.2) is 17.9 Å². The predicted octanol–water partition coefficient (Wildman–Crippen LogP) is 6.27. The zero-order chi connectivity index (χ0) is 33.1. The summed E-state index contributed by atoms with van der Waals surface area (Å²) in [5.74, 6) is -2.05. The van der Waals surface area contributed by atoms with E-state index in [1.807, 2.05) is 0 Å². The lowest BCUT2D eigenvalue weighted by atomic mass is 9.95. The Balaban J connectivity index is 1.86. The van der Waals surface area contributed by atoms with E-state index in [4.69, 9.17) is 23.7 Å². The number of halogens is 1. The first-order valence-electron chi connectivity index (χ1n) is 13.9. The second-order valence-electron chi connectivity index (χ2n) is 10.1. The van der Waals surface area contributed by atoms with Crippen LogP contribution in [-0.2, 0) is 28.6 Å². The van der Waals surface area contributed by atoms with Gasteiger partial charge in [-0.15, -0.1) is 0 Å². The maximum absolute atomic E-state index is 15.0. The molecule has 0 fully saturated rings. The first-order chi connectivity index (χ1) is 21.3. The summed E-state index contributed by atoms with van der Waals surface area (Å²) in [7, 11) is 0. The Morgan fingerprint density at radius 1 is 0.689 bits per heavy atom. The van der Waals surface area contributed by atoms with Crippen LogP contribution in [0, 0.1) is 5.82 Å². The van der Waals surface area contributed by atoms with Gasteiger partial charge in [0.2, 0.25) is 0 Å². The molecule has 1 atom stereocenters. The van der Waals surface area contributed by atoms with Gasteiger partial charge in [-0.05, 0) is 85.5 Å². The normalized spacial score (nSPS) is 11.2. The van der Waals surface area contributed by atoms with E-state index in [-0.39, 0.29) is 48.9 Å². The molecule has 0 aromatic heterocycles. The van der Waals surface area contributed by atoms with Crippen LogP contribution in [0.5, 0.6) is 11.5 Å². The smallest absolute Gasteiger partial charge is 0.338 e. The van der Waals surface area contributed by atoms with Crippen LogP contribution in [0.2, 0.25) is 0 Å². The van der Waals surface area contributed by atoms with Crippen molar-refractivity contribution in [2.24, 2.45) is 0 Å². The Hall–Kier alpha value is -5.06. The van der Waals surface area contributed by atoms with Crippen molar-refractivity contribution in [3.8, 4) is 33.8 Å². The number of aliphatic hydroxyl groups excluding tert-OH is 1. The third-order valence-corrected chi connectivity index (χ3v) is 6.12. The number of rotatable bonds is 15. The Labute approximate surface area is 261 Å². The predicted molar refractivity (Wildman–Crippen MR) is 166 cm³/mol. The van der Waals surface area contributed by atoms with Crippen LogP contribution in [0.3, 0.4) is 0 Å². The molecular formula is C35H35FO9. The molecule has 10 heteroatoms. The number of aliphatic hydroxyl groups is 1. The molecule has 0 saturated carbocycles. The van der Waals surface area contributed by atoms with Gasteiger partial charge >= 0.3 is 17.9 Å². The van der Waals surface area contributed by atoms with Crippen molar-refractivity contribution < 1.29 is 47.6 Å². The summed E-state index contributed by atoms with van der Waals surface area (Å²) in [6.07, 6.45) is -1.41. The summed E-state index contributed by atoms with van der Waals surface area (Å²) in [6.45, 7) is 14.8. The Morgan fingerprint density at radius 3 is 1.78 bits per heavy atom. The van der Waals surface area contributed by atoms with Gasteiger partial charge in [-0.25, -0.2) is 18.8 Å². The molecule has 0 bridgehead atoms. The van der Waals surface area contributed by atoms with Crippen LogP contribution in [0.25, 0.3) is 22.3 Å². The fraction of sp³-hybridized carbons (Fsp3) is 0.229. The van der Waals surface area contributed by atoms with Gasteiger partial charge in [0.1, 0.15) is 25.6 Å². The third kappa shape index (κ3) is 10.3. The summed E-state index contributed by atoms with van der Waals surface area (Å²) < 4.78 is 41.2. The largest absolute Gasteiger partial charge is 0.487 e. The van der Waals surface area contributed by atoms with Gasteiger partial charge < -0.3 is 28.8 Å². The number of carbonyl (C=O) groups is 3. The Morgan fingerprint density at radius 2 is 1.22 bits per heavy atom. The molecule has 3 aromatic rings. The van der Waals surface area contributed by atoms with Crippen molar-refractivity contribution in [1.82, 2.24) is 0 Å². The van der Waals surface area contributed by atoms with Gasteiger partial charge in [-0.3, -0.25) is 0 Å². The zero-order valence-electron chi connectivity index (χ0n) is 25.4. The van der Waals surface area contributed by atoms with E-state index in [2.05, 4.69) is 19.7 Å². The molecule has 1 unspecified atom stereocenters. The third-order valence-electron chi connectivity index (χ3n) is 6.12. The minimum Gasteiger partial charge on any atom is -0.487 e. The Kier molecular flexibility index (Phi) is 12.3. The van der Waals surface area contributed by atoms with Crippen LogP contribution in [0.15, 0.2) is 97.1 Å². The lowest BCUT2D eigenvalue weighted by Crippen LogP contribution is -2.13. The van der Waals surface area contributed by atoms with Gasteiger partial charge in [-0.2, -0.15) is 0 Å². The highest BCUT2D eigenvalue weighted by Gasteiger charge is 2.15. The SMILES string of the molecule is C=C(C)C(=O)OCCOc1ccc(-c2cc(-c3ccc(OC(=O)C(=C)C)cc3)cc(C(O)OCCOC(=O)C(=C)C)c2)cc1F. The summed E-state index contributed by atoms with van der Waals surface area (Å²) in [6, 6.07) is 16.2. The number of carbonyl (C=O) groups excluding carboxylic acids is 3. The lowest BCUT2D eigenvalue weighted by Gasteiger charge is -2.17. The molecule has 0 aliphatic rings. The standard InChI is InChI=1S/C35H35FO9/c1-21(2)32(37)42-14-13-41-31-12-9-25(20-30(31)36)27-17-26(24-7-10-29(11-8-24)45-34(39)23(5)6)18-28(19-27)35(40)44-16-15-43-33(38)22(3)4/h7-12,17-20,35,40H,1,3,5,13-16H2,2,4,6H3. The highest BCUT2D eigenvalue weighted by Crippen LogP contribution is 2.33. The average molecular weight is 619 g/mol. The molecule has 0 heterocycles. The first-order valence-corrected chi connectivity index (χ1v) is 13.9. The van der Waals surface area contributed by atoms with Crippen molar-refractivity contribution >= 4 is 17.9 Å². The number of benzene rings is 3. The maximum Gasteiger partial charge on any atom is 0.338 e. The number of ether oxygens (including phenoxy) is 5. The van der Waals surface area contributed by atoms with E-state index in [0.29, 0.717) is 33.6 Å². The van der Waals surface area contributed by atoms with Gasteiger partial charge in [0.25, 0.3) is 0 Å². The molecule has 45 heavy (non-hydrogen) atoms. The fourth-order valence-corrected chi connectivity index (χ4v) is 3.76. The van der Waals surface area contributed by atoms with E-state index in [0.717, 1.165) is 0 Å². The maximum atomic E-state index is 15.0. The summed E-state index contributed by atoms with van der Waals surface area (Å²) in [4.78, 5) is 35.0. The highest BCUT2D eigenvalue weighted by atomic mass is 19.1. The average Bonchev–Trinajstić information content (AvgIpc) is 3.01. The second kappa shape index (κ2) is 16.1. The van der Waals surface area contributed by atoms with E-state index < -0.39 is 30.0 Å². The minimum absolute atomic E-state index is 0.0333. The summed E-state index contributed by atoms with van der Waals surface area (Å²) in [5.41, 5.74) is 3.49. The number of hydrogen-bond acceptors (Lipinski definition) is 9. The molecule has 0 amide bonds. The highest BCUT2D eigenvalue weighted by molar-refractivity contribution is 5.89. The van der Waals surface area contributed by atoms with Crippen LogP contribution < -0.4 is 9.47 Å². The van der Waals surface area contributed by atoms with Crippen molar-refractivity contribution in [3.05, 3.63) is 109 Å². The fourth-order valence-electron chi connectivity index (χ4n) is 3.76. The van der Waals surface area contributed by atoms with E-state index in [1.54, 1.807) is 55.5 Å². The van der Waals surface area contributed by atoms with Crippen molar-refractivity contribution in [3.63, 3.8) is 0 Å². The quantitative estimate of drug-likeness (QED) is 0.0692. The minimum atomic E-state index is -1.41. The first kappa shape index (κ1) is 34.4. The van der Waals surface area contributed by atoms with Crippen molar-refractivity contribution in [2.75, 3.05) is 26.4 Å². The molecule has 0 radical (unpaired) electrons.